The van der Waals surface area contributed by atoms with E-state index in [1.54, 1.807) is 0 Å². The summed E-state index contributed by atoms with van der Waals surface area (Å²) in [5.41, 5.74) is 5.86. The van der Waals surface area contributed by atoms with Gasteiger partial charge in [0, 0.05) is 27.5 Å². The van der Waals surface area contributed by atoms with Crippen molar-refractivity contribution in [2.45, 2.75) is 19.8 Å². The van der Waals surface area contributed by atoms with E-state index in [9.17, 15) is 0 Å². The second-order valence-corrected chi connectivity index (χ2v) is 8.09. The van der Waals surface area contributed by atoms with Gasteiger partial charge >= 0.3 is 0 Å². The normalized spacial score (nSPS) is 13.6. The van der Waals surface area contributed by atoms with Crippen molar-refractivity contribution < 1.29 is 4.42 Å². The molecule has 4 heteroatoms. The summed E-state index contributed by atoms with van der Waals surface area (Å²) in [6, 6.07) is 22.4. The van der Waals surface area contributed by atoms with Gasteiger partial charge < -0.3 is 4.42 Å². The van der Waals surface area contributed by atoms with E-state index in [0.717, 1.165) is 51.5 Å². The van der Waals surface area contributed by atoms with Crippen LogP contribution in [0.15, 0.2) is 89.4 Å². The summed E-state index contributed by atoms with van der Waals surface area (Å²) in [7, 11) is 0. The van der Waals surface area contributed by atoms with Crippen LogP contribution < -0.4 is 0 Å². The van der Waals surface area contributed by atoms with Crippen molar-refractivity contribution in [3.05, 3.63) is 96.3 Å². The van der Waals surface area contributed by atoms with Gasteiger partial charge in [-0.15, -0.1) is 0 Å². The third-order valence-corrected chi connectivity index (χ3v) is 5.81. The maximum Gasteiger partial charge on any atom is 0.164 e. The van der Waals surface area contributed by atoms with Crippen LogP contribution in [-0.4, -0.2) is 15.0 Å². The molecule has 2 heterocycles. The Bertz CT molecular complexity index is 1530. The van der Waals surface area contributed by atoms with Gasteiger partial charge in [-0.25, -0.2) is 15.0 Å². The predicted molar refractivity (Wildman–Crippen MR) is 129 cm³/mol. The highest BCUT2D eigenvalue weighted by Gasteiger charge is 2.18. The van der Waals surface area contributed by atoms with Crippen molar-refractivity contribution in [1.82, 2.24) is 15.0 Å². The highest BCUT2D eigenvalue weighted by atomic mass is 16.3. The van der Waals surface area contributed by atoms with Crippen LogP contribution in [0.3, 0.4) is 0 Å². The summed E-state index contributed by atoms with van der Waals surface area (Å²) in [6.07, 6.45) is 8.52. The number of hydrogen-bond donors (Lipinski definition) is 0. The monoisotopic (exact) mass is 415 g/mol. The van der Waals surface area contributed by atoms with E-state index in [0.29, 0.717) is 17.5 Å². The summed E-state index contributed by atoms with van der Waals surface area (Å²) >= 11 is 0. The van der Waals surface area contributed by atoms with E-state index >= 15 is 0 Å². The van der Waals surface area contributed by atoms with Crippen molar-refractivity contribution in [3.63, 3.8) is 0 Å². The van der Waals surface area contributed by atoms with Crippen LogP contribution in [-0.2, 0) is 0 Å². The Morgan fingerprint density at radius 1 is 0.750 bits per heavy atom. The molecule has 32 heavy (non-hydrogen) atoms. The van der Waals surface area contributed by atoms with Crippen LogP contribution in [0.1, 0.15) is 24.2 Å². The van der Waals surface area contributed by atoms with Gasteiger partial charge in [0.2, 0.25) is 0 Å². The minimum Gasteiger partial charge on any atom is -0.456 e. The van der Waals surface area contributed by atoms with E-state index in [1.165, 1.54) is 5.56 Å². The molecule has 2 aromatic heterocycles. The van der Waals surface area contributed by atoms with Crippen molar-refractivity contribution >= 4 is 27.5 Å². The van der Waals surface area contributed by atoms with Crippen LogP contribution in [0.4, 0.5) is 0 Å². The van der Waals surface area contributed by atoms with Crippen LogP contribution in [0.2, 0.25) is 0 Å². The van der Waals surface area contributed by atoms with Gasteiger partial charge in [0.1, 0.15) is 11.2 Å². The fourth-order valence-corrected chi connectivity index (χ4v) is 4.25. The van der Waals surface area contributed by atoms with Crippen molar-refractivity contribution in [2.75, 3.05) is 0 Å². The molecule has 4 nitrogen and oxygen atoms in total. The molecule has 0 aliphatic heterocycles. The van der Waals surface area contributed by atoms with E-state index in [-0.39, 0.29) is 0 Å². The topological polar surface area (TPSA) is 51.8 Å². The standard InChI is InChI=1S/C28H21N3O/c1-18-15-16-23-22(17-18)25-21(13-8-14-24(25)32-23)28-30-26(19-9-4-2-5-10-19)29-27(31-28)20-11-6-3-7-12-20/h2,4-6,8-17H,3,7H2,1H3. The molecular weight excluding hydrogens is 394 g/mol. The Morgan fingerprint density at radius 2 is 1.59 bits per heavy atom. The summed E-state index contributed by atoms with van der Waals surface area (Å²) in [6.45, 7) is 2.09. The van der Waals surface area contributed by atoms with Crippen LogP contribution in [0, 0.1) is 6.92 Å². The van der Waals surface area contributed by atoms with Gasteiger partial charge in [0.25, 0.3) is 0 Å². The SMILES string of the molecule is Cc1ccc2oc3cccc(-c4nc(C5=CCCC=C5)nc(-c5ccccc5)n4)c3c2c1. The minimum absolute atomic E-state index is 0.656. The van der Waals surface area contributed by atoms with Crippen LogP contribution in [0.25, 0.3) is 50.3 Å². The molecule has 0 amide bonds. The maximum absolute atomic E-state index is 6.14. The molecule has 0 fully saturated rings. The molecule has 0 radical (unpaired) electrons. The second-order valence-electron chi connectivity index (χ2n) is 8.09. The number of hydrogen-bond acceptors (Lipinski definition) is 4. The predicted octanol–water partition coefficient (Wildman–Crippen LogP) is 7.15. The third-order valence-electron chi connectivity index (χ3n) is 5.81. The Morgan fingerprint density at radius 3 is 2.44 bits per heavy atom. The minimum atomic E-state index is 0.656. The number of rotatable bonds is 3. The molecular formula is C28H21N3O. The smallest absolute Gasteiger partial charge is 0.164 e. The van der Waals surface area contributed by atoms with Crippen molar-refractivity contribution in [1.29, 1.82) is 0 Å². The van der Waals surface area contributed by atoms with Crippen LogP contribution in [0.5, 0.6) is 0 Å². The number of fused-ring (bicyclic) bond motifs is 3. The average Bonchev–Trinajstić information content (AvgIpc) is 3.23. The first-order chi connectivity index (χ1) is 15.8. The molecule has 1 aliphatic rings. The number of allylic oxidation sites excluding steroid dienone is 4. The zero-order chi connectivity index (χ0) is 21.5. The lowest BCUT2D eigenvalue weighted by molar-refractivity contribution is 0.669. The zero-order valence-corrected chi connectivity index (χ0v) is 17.7. The summed E-state index contributed by atoms with van der Waals surface area (Å²) in [5.74, 6) is 2.03. The summed E-state index contributed by atoms with van der Waals surface area (Å²) in [4.78, 5) is 14.7. The molecule has 1 aliphatic carbocycles. The Labute approximate surface area is 186 Å². The quantitative estimate of drug-likeness (QED) is 0.314. The molecule has 5 aromatic rings. The number of furan rings is 1. The first kappa shape index (κ1) is 18.7. The Hall–Kier alpha value is -4.05. The Balaban J connectivity index is 1.64. The highest BCUT2D eigenvalue weighted by Crippen LogP contribution is 2.36. The fourth-order valence-electron chi connectivity index (χ4n) is 4.25. The molecule has 0 N–H and O–H groups in total. The number of benzene rings is 3. The van der Waals surface area contributed by atoms with Crippen molar-refractivity contribution in [2.24, 2.45) is 0 Å². The Kier molecular flexibility index (Phi) is 4.43. The maximum atomic E-state index is 6.14. The van der Waals surface area contributed by atoms with Gasteiger partial charge in [0.05, 0.1) is 0 Å². The zero-order valence-electron chi connectivity index (χ0n) is 17.7. The van der Waals surface area contributed by atoms with Gasteiger partial charge in [-0.05, 0) is 38.0 Å². The lowest BCUT2D eigenvalue weighted by Gasteiger charge is -2.11. The number of aryl methyl sites for hydroxylation is 1. The van der Waals surface area contributed by atoms with Gasteiger partial charge in [-0.2, -0.15) is 0 Å². The average molecular weight is 415 g/mol. The van der Waals surface area contributed by atoms with Gasteiger partial charge in [-0.3, -0.25) is 0 Å². The molecule has 0 saturated carbocycles. The third kappa shape index (κ3) is 3.21. The molecule has 154 valence electrons. The summed E-state index contributed by atoms with van der Waals surface area (Å²) < 4.78 is 6.14. The first-order valence-electron chi connectivity index (χ1n) is 10.9. The molecule has 0 bridgehead atoms. The largest absolute Gasteiger partial charge is 0.456 e. The molecule has 0 unspecified atom stereocenters. The number of nitrogens with zero attached hydrogens (tertiary/aromatic N) is 3. The number of aromatic nitrogens is 3. The molecule has 6 rings (SSSR count). The summed E-state index contributed by atoms with van der Waals surface area (Å²) in [5, 5.41) is 2.12. The lowest BCUT2D eigenvalue weighted by Crippen LogP contribution is -2.03. The van der Waals surface area contributed by atoms with Gasteiger partial charge in [0.15, 0.2) is 17.5 Å². The van der Waals surface area contributed by atoms with Gasteiger partial charge in [-0.1, -0.05) is 72.3 Å². The molecule has 0 saturated heterocycles. The van der Waals surface area contributed by atoms with E-state index in [2.05, 4.69) is 43.4 Å². The fraction of sp³-hybridized carbons (Fsp3) is 0.107. The molecule has 0 spiro atoms. The van der Waals surface area contributed by atoms with Crippen molar-refractivity contribution in [3.8, 4) is 22.8 Å². The van der Waals surface area contributed by atoms with Crippen LogP contribution >= 0.6 is 0 Å². The van der Waals surface area contributed by atoms with E-state index in [4.69, 9.17) is 19.4 Å². The molecule has 3 aromatic carbocycles. The highest BCUT2D eigenvalue weighted by molar-refractivity contribution is 6.12. The van der Waals surface area contributed by atoms with E-state index in [1.807, 2.05) is 48.5 Å². The second kappa shape index (κ2) is 7.57. The lowest BCUT2D eigenvalue weighted by atomic mass is 10.0. The molecule has 0 atom stereocenters. The first-order valence-corrected chi connectivity index (χ1v) is 10.9. The van der Waals surface area contributed by atoms with E-state index < -0.39 is 0 Å².